The molecule has 0 atom stereocenters. The number of thioether (sulfide) groups is 1. The summed E-state index contributed by atoms with van der Waals surface area (Å²) in [6.07, 6.45) is 0.332. The number of hydrogen-bond acceptors (Lipinski definition) is 3. The molecule has 4 nitrogen and oxygen atoms in total. The molecule has 0 aromatic carbocycles. The van der Waals surface area contributed by atoms with Crippen LogP contribution in [-0.2, 0) is 9.59 Å². The molecule has 0 rings (SSSR count). The topological polar surface area (TPSA) is 74.6 Å². The van der Waals surface area contributed by atoms with Gasteiger partial charge in [-0.1, -0.05) is 6.58 Å². The molecule has 0 aromatic heterocycles. The fourth-order valence-corrected chi connectivity index (χ4v) is 1.06. The van der Waals surface area contributed by atoms with Crippen molar-refractivity contribution >= 4 is 23.7 Å². The van der Waals surface area contributed by atoms with Crippen molar-refractivity contribution < 1.29 is 19.8 Å². The second-order valence-corrected chi connectivity index (χ2v) is 3.27. The Kier molecular flexibility index (Phi) is 5.19. The number of rotatable bonds is 6. The minimum atomic E-state index is -0.920. The molecule has 2 N–H and O–H groups in total. The molecular weight excluding hydrogens is 180 g/mol. The summed E-state index contributed by atoms with van der Waals surface area (Å²) in [5.41, 5.74) is 0. The standard InChI is InChI=1S/C7H10O4S/c1-5(2-3-6(8)9)12-4-7(10)11/h1-4H2,(H,8,9)(H,10,11). The summed E-state index contributed by atoms with van der Waals surface area (Å²) < 4.78 is 0. The van der Waals surface area contributed by atoms with E-state index in [1.807, 2.05) is 0 Å². The molecule has 0 saturated heterocycles. The van der Waals surface area contributed by atoms with Crippen LogP contribution in [0.15, 0.2) is 11.5 Å². The zero-order chi connectivity index (χ0) is 9.56. The van der Waals surface area contributed by atoms with E-state index in [1.165, 1.54) is 0 Å². The Hall–Kier alpha value is -0.970. The Labute approximate surface area is 74.3 Å². The average molecular weight is 190 g/mol. The van der Waals surface area contributed by atoms with Crippen molar-refractivity contribution in [3.63, 3.8) is 0 Å². The van der Waals surface area contributed by atoms with Gasteiger partial charge in [-0.05, 0) is 11.3 Å². The van der Waals surface area contributed by atoms with Crippen LogP contribution in [0, 0.1) is 0 Å². The maximum absolute atomic E-state index is 10.1. The van der Waals surface area contributed by atoms with Crippen LogP contribution in [0.5, 0.6) is 0 Å². The van der Waals surface area contributed by atoms with Crippen LogP contribution in [0.1, 0.15) is 12.8 Å². The normalized spacial score (nSPS) is 9.33. The van der Waals surface area contributed by atoms with Gasteiger partial charge in [0.05, 0.1) is 5.75 Å². The van der Waals surface area contributed by atoms with E-state index in [-0.39, 0.29) is 12.2 Å². The van der Waals surface area contributed by atoms with Crippen molar-refractivity contribution in [3.8, 4) is 0 Å². The zero-order valence-electron chi connectivity index (χ0n) is 6.45. The fraction of sp³-hybridized carbons (Fsp3) is 0.429. The van der Waals surface area contributed by atoms with Crippen LogP contribution < -0.4 is 0 Å². The lowest BCUT2D eigenvalue weighted by molar-refractivity contribution is -0.137. The Morgan fingerprint density at radius 3 is 2.17 bits per heavy atom. The minimum absolute atomic E-state index is 0.00541. The van der Waals surface area contributed by atoms with Crippen molar-refractivity contribution in [3.05, 3.63) is 11.5 Å². The SMILES string of the molecule is C=C(CCC(=O)O)SCC(=O)O. The smallest absolute Gasteiger partial charge is 0.313 e. The predicted octanol–water partition coefficient (Wildman–Crippen LogP) is 1.18. The number of aliphatic carboxylic acids is 2. The maximum atomic E-state index is 10.1. The van der Waals surface area contributed by atoms with Gasteiger partial charge in [-0.2, -0.15) is 0 Å². The highest BCUT2D eigenvalue weighted by Gasteiger charge is 2.03. The van der Waals surface area contributed by atoms with E-state index in [9.17, 15) is 9.59 Å². The number of hydrogen-bond donors (Lipinski definition) is 2. The number of allylic oxidation sites excluding steroid dienone is 1. The van der Waals surface area contributed by atoms with Crippen LogP contribution in [0.4, 0.5) is 0 Å². The van der Waals surface area contributed by atoms with E-state index in [0.29, 0.717) is 11.3 Å². The third kappa shape index (κ3) is 7.14. The highest BCUT2D eigenvalue weighted by Crippen LogP contribution is 2.17. The van der Waals surface area contributed by atoms with E-state index >= 15 is 0 Å². The Bertz CT molecular complexity index is 180. The van der Waals surface area contributed by atoms with Crippen molar-refractivity contribution in [2.45, 2.75) is 12.8 Å². The highest BCUT2D eigenvalue weighted by molar-refractivity contribution is 8.03. The molecule has 0 heterocycles. The molecular formula is C7H10O4S. The molecule has 68 valence electrons. The van der Waals surface area contributed by atoms with Gasteiger partial charge >= 0.3 is 11.9 Å². The van der Waals surface area contributed by atoms with E-state index in [4.69, 9.17) is 10.2 Å². The summed E-state index contributed by atoms with van der Waals surface area (Å²) in [5.74, 6) is -1.87. The molecule has 0 fully saturated rings. The summed E-state index contributed by atoms with van der Waals surface area (Å²) in [6.45, 7) is 3.53. The van der Waals surface area contributed by atoms with E-state index in [2.05, 4.69) is 6.58 Å². The van der Waals surface area contributed by atoms with Gasteiger partial charge in [0.25, 0.3) is 0 Å². The van der Waals surface area contributed by atoms with Crippen molar-refractivity contribution in [1.82, 2.24) is 0 Å². The second-order valence-electron chi connectivity index (χ2n) is 2.11. The number of carbonyl (C=O) groups is 2. The van der Waals surface area contributed by atoms with Gasteiger partial charge < -0.3 is 10.2 Å². The first kappa shape index (κ1) is 11.0. The lowest BCUT2D eigenvalue weighted by Crippen LogP contribution is -1.99. The maximum Gasteiger partial charge on any atom is 0.313 e. The molecule has 0 aliphatic rings. The lowest BCUT2D eigenvalue weighted by atomic mass is 10.3. The van der Waals surface area contributed by atoms with Gasteiger partial charge in [0, 0.05) is 6.42 Å². The van der Waals surface area contributed by atoms with E-state index in [1.54, 1.807) is 0 Å². The largest absolute Gasteiger partial charge is 0.481 e. The van der Waals surface area contributed by atoms with Gasteiger partial charge in [0.1, 0.15) is 0 Å². The van der Waals surface area contributed by atoms with Gasteiger partial charge in [0.15, 0.2) is 0 Å². The summed E-state index contributed by atoms with van der Waals surface area (Å²) in [5, 5.41) is 16.5. The average Bonchev–Trinajstić information content (AvgIpc) is 1.96. The number of carboxylic acid groups (broad SMARTS) is 2. The quantitative estimate of drug-likeness (QED) is 0.657. The molecule has 0 aliphatic heterocycles. The van der Waals surface area contributed by atoms with Crippen LogP contribution in [-0.4, -0.2) is 27.9 Å². The van der Waals surface area contributed by atoms with Gasteiger partial charge in [-0.25, -0.2) is 0 Å². The molecule has 0 radical (unpaired) electrons. The van der Waals surface area contributed by atoms with E-state index < -0.39 is 11.9 Å². The van der Waals surface area contributed by atoms with E-state index in [0.717, 1.165) is 11.8 Å². The zero-order valence-corrected chi connectivity index (χ0v) is 7.26. The monoisotopic (exact) mass is 190 g/mol. The molecule has 0 saturated carbocycles. The summed E-state index contributed by atoms with van der Waals surface area (Å²) in [6, 6.07) is 0. The minimum Gasteiger partial charge on any atom is -0.481 e. The van der Waals surface area contributed by atoms with Gasteiger partial charge in [0.2, 0.25) is 0 Å². The molecule has 0 unspecified atom stereocenters. The van der Waals surface area contributed by atoms with Crippen LogP contribution in [0.25, 0.3) is 0 Å². The summed E-state index contributed by atoms with van der Waals surface area (Å²) >= 11 is 1.07. The molecule has 0 spiro atoms. The molecule has 0 bridgehead atoms. The highest BCUT2D eigenvalue weighted by atomic mass is 32.2. The van der Waals surface area contributed by atoms with Crippen LogP contribution >= 0.6 is 11.8 Å². The summed E-state index contributed by atoms with van der Waals surface area (Å²) in [4.78, 5) is 20.7. The first-order valence-corrected chi connectivity index (χ1v) is 4.25. The number of carboxylic acids is 2. The third-order valence-corrected chi connectivity index (χ3v) is 2.02. The van der Waals surface area contributed by atoms with Crippen LogP contribution in [0.3, 0.4) is 0 Å². The van der Waals surface area contributed by atoms with Crippen molar-refractivity contribution in [2.24, 2.45) is 0 Å². The molecule has 0 aromatic rings. The predicted molar refractivity (Wildman–Crippen MR) is 46.1 cm³/mol. The van der Waals surface area contributed by atoms with Crippen LogP contribution in [0.2, 0.25) is 0 Å². The molecule has 0 aliphatic carbocycles. The third-order valence-electron chi connectivity index (χ3n) is 1.02. The fourth-order valence-electron chi connectivity index (χ4n) is 0.482. The first-order chi connectivity index (χ1) is 5.52. The Balaban J connectivity index is 3.47. The summed E-state index contributed by atoms with van der Waals surface area (Å²) in [7, 11) is 0. The van der Waals surface area contributed by atoms with Crippen molar-refractivity contribution in [1.29, 1.82) is 0 Å². The molecule has 5 heteroatoms. The van der Waals surface area contributed by atoms with Gasteiger partial charge in [-0.15, -0.1) is 11.8 Å². The second kappa shape index (κ2) is 5.65. The molecule has 0 amide bonds. The van der Waals surface area contributed by atoms with Gasteiger partial charge in [-0.3, -0.25) is 9.59 Å². The molecule has 12 heavy (non-hydrogen) atoms. The van der Waals surface area contributed by atoms with Crippen molar-refractivity contribution in [2.75, 3.05) is 5.75 Å². The Morgan fingerprint density at radius 1 is 1.17 bits per heavy atom. The first-order valence-electron chi connectivity index (χ1n) is 3.26. The lowest BCUT2D eigenvalue weighted by Gasteiger charge is -1.99. The Morgan fingerprint density at radius 2 is 1.75 bits per heavy atom.